The Labute approximate surface area is 228 Å². The molecular formula is C30H35N5O4. The summed E-state index contributed by atoms with van der Waals surface area (Å²) >= 11 is 0. The van der Waals surface area contributed by atoms with Crippen LogP contribution >= 0.6 is 0 Å². The summed E-state index contributed by atoms with van der Waals surface area (Å²) in [4.78, 5) is 29.7. The van der Waals surface area contributed by atoms with Crippen LogP contribution in [0, 0.1) is 0 Å². The molecule has 0 radical (unpaired) electrons. The maximum atomic E-state index is 14.2. The van der Waals surface area contributed by atoms with Gasteiger partial charge in [-0.25, -0.2) is 4.68 Å². The molecule has 0 saturated heterocycles. The summed E-state index contributed by atoms with van der Waals surface area (Å²) in [5, 5.41) is 11.5. The van der Waals surface area contributed by atoms with E-state index in [9.17, 15) is 9.59 Å². The first kappa shape index (κ1) is 27.6. The van der Waals surface area contributed by atoms with Gasteiger partial charge in [0.05, 0.1) is 26.3 Å². The third kappa shape index (κ3) is 6.37. The van der Waals surface area contributed by atoms with Gasteiger partial charge in [-0.15, -0.1) is 5.10 Å². The minimum atomic E-state index is -0.946. The van der Waals surface area contributed by atoms with Crippen LogP contribution in [0.25, 0.3) is 11.0 Å². The Balaban J connectivity index is 1.81. The van der Waals surface area contributed by atoms with Crippen molar-refractivity contribution in [2.45, 2.75) is 51.9 Å². The highest BCUT2D eigenvalue weighted by molar-refractivity contribution is 5.89. The Morgan fingerprint density at radius 2 is 1.74 bits per heavy atom. The number of nitrogens with zero attached hydrogens (tertiary/aromatic N) is 4. The molecule has 204 valence electrons. The number of carbonyl (C=O) groups excluding carboxylic acids is 2. The smallest absolute Gasteiger partial charge is 0.247 e. The van der Waals surface area contributed by atoms with Gasteiger partial charge in [0.15, 0.2) is 0 Å². The zero-order valence-electron chi connectivity index (χ0n) is 23.0. The van der Waals surface area contributed by atoms with Gasteiger partial charge in [0.2, 0.25) is 11.8 Å². The fraction of sp³-hybridized carbons (Fsp3) is 0.333. The van der Waals surface area contributed by atoms with Gasteiger partial charge >= 0.3 is 0 Å². The van der Waals surface area contributed by atoms with Crippen LogP contribution < -0.4 is 14.8 Å². The van der Waals surface area contributed by atoms with Crippen molar-refractivity contribution < 1.29 is 19.1 Å². The zero-order valence-corrected chi connectivity index (χ0v) is 23.0. The summed E-state index contributed by atoms with van der Waals surface area (Å²) in [6, 6.07) is 21.2. The second kappa shape index (κ2) is 12.0. The van der Waals surface area contributed by atoms with Crippen LogP contribution in [0.3, 0.4) is 0 Å². The van der Waals surface area contributed by atoms with E-state index in [0.717, 1.165) is 17.5 Å². The number of benzene rings is 3. The first-order valence-corrected chi connectivity index (χ1v) is 12.9. The Kier molecular flexibility index (Phi) is 8.49. The number of nitrogens with one attached hydrogen (secondary N) is 1. The van der Waals surface area contributed by atoms with Crippen molar-refractivity contribution in [3.63, 3.8) is 0 Å². The number of aromatic nitrogens is 3. The molecule has 4 rings (SSSR count). The minimum absolute atomic E-state index is 0.0966. The molecule has 9 heteroatoms. The van der Waals surface area contributed by atoms with Crippen molar-refractivity contribution in [1.29, 1.82) is 0 Å². The van der Waals surface area contributed by atoms with Crippen molar-refractivity contribution in [1.82, 2.24) is 25.2 Å². The molecule has 1 atom stereocenters. The number of amides is 2. The molecule has 0 bridgehead atoms. The molecule has 39 heavy (non-hydrogen) atoms. The summed E-state index contributed by atoms with van der Waals surface area (Å²) in [6.07, 6.45) is 0.717. The third-order valence-electron chi connectivity index (χ3n) is 6.87. The highest BCUT2D eigenvalue weighted by Gasteiger charge is 2.35. The largest absolute Gasteiger partial charge is 0.497 e. The third-order valence-corrected chi connectivity index (χ3v) is 6.87. The van der Waals surface area contributed by atoms with Crippen LogP contribution in [0.5, 0.6) is 11.5 Å². The van der Waals surface area contributed by atoms with E-state index in [-0.39, 0.29) is 24.9 Å². The number of ether oxygens (including phenoxy) is 2. The molecule has 0 saturated carbocycles. The standard InChI is InChI=1S/C30H35N5O4/c1-6-30(2,3)31-29(37)28(21-13-11-14-23(18-21)38-4)34(19-22-12-7-10-17-26(22)39-5)27(36)20-35-25-16-9-8-15-24(25)32-33-35/h7-18,28H,6,19-20H2,1-5H3,(H,31,37)/t28-/m0/s1. The second-order valence-corrected chi connectivity index (χ2v) is 9.98. The molecular weight excluding hydrogens is 494 g/mol. The van der Waals surface area contributed by atoms with Crippen LogP contribution in [-0.2, 0) is 22.7 Å². The first-order chi connectivity index (χ1) is 18.8. The first-order valence-electron chi connectivity index (χ1n) is 12.9. The highest BCUT2D eigenvalue weighted by atomic mass is 16.5. The van der Waals surface area contributed by atoms with Gasteiger partial charge in [-0.05, 0) is 56.2 Å². The van der Waals surface area contributed by atoms with Crippen LogP contribution in [0.2, 0.25) is 0 Å². The SMILES string of the molecule is CCC(C)(C)NC(=O)[C@H](c1cccc(OC)c1)N(Cc1ccccc1OC)C(=O)Cn1nnc2ccccc21. The Morgan fingerprint density at radius 1 is 1.00 bits per heavy atom. The van der Waals surface area contributed by atoms with E-state index in [4.69, 9.17) is 9.47 Å². The Hall–Kier alpha value is -4.40. The zero-order chi connectivity index (χ0) is 28.0. The van der Waals surface area contributed by atoms with Crippen LogP contribution in [0.1, 0.15) is 44.4 Å². The number of carbonyl (C=O) groups is 2. The lowest BCUT2D eigenvalue weighted by Gasteiger charge is -2.35. The van der Waals surface area contributed by atoms with Gasteiger partial charge < -0.3 is 19.7 Å². The molecule has 0 aliphatic carbocycles. The molecule has 1 aromatic heterocycles. The molecule has 1 N–H and O–H groups in total. The van der Waals surface area contributed by atoms with E-state index in [1.807, 2.05) is 87.5 Å². The van der Waals surface area contributed by atoms with E-state index in [1.165, 1.54) is 0 Å². The van der Waals surface area contributed by atoms with Gasteiger partial charge in [-0.1, -0.05) is 54.6 Å². The molecule has 2 amide bonds. The van der Waals surface area contributed by atoms with Crippen LogP contribution in [0.4, 0.5) is 0 Å². The number of fused-ring (bicyclic) bond motifs is 1. The molecule has 9 nitrogen and oxygen atoms in total. The van der Waals surface area contributed by atoms with Gasteiger partial charge in [-0.2, -0.15) is 0 Å². The van der Waals surface area contributed by atoms with Crippen molar-refractivity contribution in [3.05, 3.63) is 83.9 Å². The summed E-state index contributed by atoms with van der Waals surface area (Å²) in [6.45, 7) is 5.97. The minimum Gasteiger partial charge on any atom is -0.497 e. The number of rotatable bonds is 11. The van der Waals surface area contributed by atoms with Crippen molar-refractivity contribution >= 4 is 22.8 Å². The number of methoxy groups -OCH3 is 2. The average molecular weight is 530 g/mol. The predicted octanol–water partition coefficient (Wildman–Crippen LogP) is 4.52. The van der Waals surface area contributed by atoms with Gasteiger partial charge in [0, 0.05) is 11.1 Å². The molecule has 0 spiro atoms. The fourth-order valence-corrected chi connectivity index (χ4v) is 4.37. The molecule has 0 fully saturated rings. The Bertz CT molecular complexity index is 1450. The molecule has 3 aromatic carbocycles. The summed E-state index contributed by atoms with van der Waals surface area (Å²) < 4.78 is 12.6. The molecule has 4 aromatic rings. The summed E-state index contributed by atoms with van der Waals surface area (Å²) in [7, 11) is 3.16. The van der Waals surface area contributed by atoms with E-state index >= 15 is 0 Å². The van der Waals surface area contributed by atoms with E-state index in [0.29, 0.717) is 22.6 Å². The second-order valence-electron chi connectivity index (χ2n) is 9.98. The van der Waals surface area contributed by atoms with Gasteiger partial charge in [0.25, 0.3) is 0 Å². The number of hydrogen-bond donors (Lipinski definition) is 1. The van der Waals surface area contributed by atoms with Gasteiger partial charge in [0.1, 0.15) is 29.6 Å². The van der Waals surface area contributed by atoms with E-state index in [2.05, 4.69) is 15.6 Å². The summed E-state index contributed by atoms with van der Waals surface area (Å²) in [5.41, 5.74) is 2.35. The molecule has 0 unspecified atom stereocenters. The Morgan fingerprint density at radius 3 is 2.49 bits per heavy atom. The van der Waals surface area contributed by atoms with Crippen LogP contribution in [0.15, 0.2) is 72.8 Å². The lowest BCUT2D eigenvalue weighted by atomic mass is 9.98. The monoisotopic (exact) mass is 529 g/mol. The summed E-state index contributed by atoms with van der Waals surface area (Å²) in [5.74, 6) is 0.628. The predicted molar refractivity (Wildman–Crippen MR) is 149 cm³/mol. The lowest BCUT2D eigenvalue weighted by molar-refractivity contribution is -0.143. The van der Waals surface area contributed by atoms with Crippen molar-refractivity contribution in [3.8, 4) is 11.5 Å². The average Bonchev–Trinajstić information content (AvgIpc) is 3.35. The van der Waals surface area contributed by atoms with Crippen molar-refractivity contribution in [2.75, 3.05) is 14.2 Å². The van der Waals surface area contributed by atoms with E-state index in [1.54, 1.807) is 29.9 Å². The highest BCUT2D eigenvalue weighted by Crippen LogP contribution is 2.30. The molecule has 0 aliphatic rings. The molecule has 1 heterocycles. The number of hydrogen-bond acceptors (Lipinski definition) is 6. The van der Waals surface area contributed by atoms with Gasteiger partial charge in [-0.3, -0.25) is 9.59 Å². The normalized spacial score (nSPS) is 12.1. The lowest BCUT2D eigenvalue weighted by Crippen LogP contribution is -2.50. The van der Waals surface area contributed by atoms with E-state index < -0.39 is 11.6 Å². The van der Waals surface area contributed by atoms with Crippen LogP contribution in [-0.4, -0.2) is 51.5 Å². The maximum Gasteiger partial charge on any atom is 0.247 e. The quantitative estimate of drug-likeness (QED) is 0.307. The maximum absolute atomic E-state index is 14.2. The topological polar surface area (TPSA) is 98.6 Å². The number of para-hydroxylation sites is 2. The molecule has 0 aliphatic heterocycles. The fourth-order valence-electron chi connectivity index (χ4n) is 4.37. The van der Waals surface area contributed by atoms with Crippen molar-refractivity contribution in [2.24, 2.45) is 0 Å².